The zero-order valence-corrected chi connectivity index (χ0v) is 61.8. The highest BCUT2D eigenvalue weighted by Crippen LogP contribution is 2.77. The number of hydrogen-bond acceptors (Lipinski definition) is 9. The van der Waals surface area contributed by atoms with Gasteiger partial charge in [0.15, 0.2) is 0 Å². The third-order valence-corrected chi connectivity index (χ3v) is 26.5. The molecule has 9 aromatic carbocycles. The summed E-state index contributed by atoms with van der Waals surface area (Å²) in [5, 5.41) is 0. The molecule has 0 spiro atoms. The van der Waals surface area contributed by atoms with Crippen molar-refractivity contribution in [2.45, 2.75) is 101 Å². The Hall–Kier alpha value is -11.3. The molecule has 15 heteroatoms. The molecule has 2 aliphatic heterocycles. The number of halogens is 6. The van der Waals surface area contributed by atoms with Crippen LogP contribution in [0, 0.1) is 47.4 Å². The maximum absolute atomic E-state index is 16.3. The van der Waals surface area contributed by atoms with Gasteiger partial charge in [-0.1, -0.05) is 138 Å². The first-order valence-corrected chi connectivity index (χ1v) is 37.2. The standard InChI is InChI=1S/C94H68F6O7S2/c1-86-77(81-82(93(97,98)94(99,100)92(81,95)96)78-52-80(109-87(78,86)2)68-36-46-76(104-3)47-37-68)51-79(108-86)67-34-24-59(25-35-67)16-17-60-26-38-72(39-27-60)88-53-89(73-40-28-61(29-41-73)18-21-64-10-7-13-69(48-64)83(101)105-4)56-90(54-88,74-42-30-62(31-43-74)19-22-65-11-8-14-70(49-65)84(102)106-5)58-91(55-88,57-89)75-44-32-63(33-45-75)20-23-66-12-9-15-71(50-66)85(103)107-6/h7-15,24-52H,53-58H2,1-6H3/t86-,87-,88?,89?,90?,91?/m1/s1. The molecule has 2 heterocycles. The smallest absolute Gasteiger partial charge is 0.380 e. The van der Waals surface area contributed by atoms with E-state index in [1.54, 1.807) is 105 Å². The Balaban J connectivity index is 0.749. The van der Waals surface area contributed by atoms with Crippen LogP contribution in [0.2, 0.25) is 0 Å². The van der Waals surface area contributed by atoms with Crippen LogP contribution in [0.3, 0.4) is 0 Å². The maximum atomic E-state index is 16.3. The van der Waals surface area contributed by atoms with Gasteiger partial charge >= 0.3 is 35.7 Å². The zero-order valence-electron chi connectivity index (χ0n) is 60.1. The second-order valence-electron chi connectivity index (χ2n) is 29.6. The molecule has 0 unspecified atom stereocenters. The van der Waals surface area contributed by atoms with E-state index in [9.17, 15) is 14.4 Å². The van der Waals surface area contributed by atoms with Crippen molar-refractivity contribution in [3.63, 3.8) is 0 Å². The number of benzene rings is 9. The fourth-order valence-corrected chi connectivity index (χ4v) is 21.4. The predicted molar refractivity (Wildman–Crippen MR) is 414 cm³/mol. The van der Waals surface area contributed by atoms with Crippen molar-refractivity contribution >= 4 is 51.2 Å². The lowest BCUT2D eigenvalue weighted by molar-refractivity contribution is -0.258. The number of thioether (sulfide) groups is 2. The van der Waals surface area contributed by atoms with Crippen molar-refractivity contribution in [2.75, 3.05) is 28.4 Å². The van der Waals surface area contributed by atoms with Crippen LogP contribution in [-0.4, -0.2) is 73.6 Å². The van der Waals surface area contributed by atoms with Crippen LogP contribution in [0.5, 0.6) is 5.75 Å². The van der Waals surface area contributed by atoms with Crippen molar-refractivity contribution in [1.82, 2.24) is 0 Å². The minimum absolute atomic E-state index is 0.240. The molecule has 8 aliphatic rings. The van der Waals surface area contributed by atoms with Crippen molar-refractivity contribution in [2.24, 2.45) is 0 Å². The third kappa shape index (κ3) is 12.1. The van der Waals surface area contributed by atoms with E-state index in [-0.39, 0.29) is 32.8 Å². The lowest BCUT2D eigenvalue weighted by atomic mass is 9.32. The number of alkyl halides is 6. The van der Waals surface area contributed by atoms with Gasteiger partial charge in [0.2, 0.25) is 0 Å². The van der Waals surface area contributed by atoms with Gasteiger partial charge in [0.25, 0.3) is 0 Å². The lowest BCUT2D eigenvalue weighted by Gasteiger charge is -2.71. The Kier molecular flexibility index (Phi) is 17.7. The van der Waals surface area contributed by atoms with Crippen LogP contribution in [0.15, 0.2) is 253 Å². The lowest BCUT2D eigenvalue weighted by Crippen LogP contribution is -2.67. The van der Waals surface area contributed by atoms with E-state index < -0.39 is 56.3 Å². The molecule has 17 rings (SSSR count). The Morgan fingerprint density at radius 1 is 0.339 bits per heavy atom. The summed E-state index contributed by atoms with van der Waals surface area (Å²) in [4.78, 5) is 38.3. The van der Waals surface area contributed by atoms with Crippen molar-refractivity contribution < 1.29 is 59.7 Å². The number of hydrogen-bond donors (Lipinski definition) is 0. The highest BCUT2D eigenvalue weighted by atomic mass is 32.2. The molecule has 6 aliphatic carbocycles. The van der Waals surface area contributed by atoms with Crippen LogP contribution >= 0.6 is 23.5 Å². The quantitative estimate of drug-likeness (QED) is 0.0575. The van der Waals surface area contributed by atoms with Crippen LogP contribution in [-0.2, 0) is 35.9 Å². The number of carbonyl (C=O) groups is 3. The zero-order chi connectivity index (χ0) is 76.1. The summed E-state index contributed by atoms with van der Waals surface area (Å²) in [5.41, 5.74) is 8.55. The Bertz CT molecular complexity index is 5370. The Labute approximate surface area is 637 Å². The fourth-order valence-electron chi connectivity index (χ4n) is 18.3. The first-order valence-electron chi connectivity index (χ1n) is 35.6. The van der Waals surface area contributed by atoms with E-state index in [4.69, 9.17) is 18.9 Å². The average Bonchev–Trinajstić information content (AvgIpc) is 1.63. The van der Waals surface area contributed by atoms with Gasteiger partial charge in [0.1, 0.15) is 5.75 Å². The Morgan fingerprint density at radius 3 is 0.862 bits per heavy atom. The highest BCUT2D eigenvalue weighted by molar-refractivity contribution is 8.14. The molecule has 540 valence electrons. The summed E-state index contributed by atoms with van der Waals surface area (Å²) < 4.78 is 114. The molecule has 7 nitrogen and oxygen atoms in total. The summed E-state index contributed by atoms with van der Waals surface area (Å²) in [7, 11) is 5.56. The van der Waals surface area contributed by atoms with Crippen LogP contribution in [0.1, 0.15) is 161 Å². The predicted octanol–water partition coefficient (Wildman–Crippen LogP) is 20.0. The molecule has 0 amide bonds. The average molecular weight is 1490 g/mol. The first kappa shape index (κ1) is 71.9. The van der Waals surface area contributed by atoms with Gasteiger partial charge in [0, 0.05) is 65.5 Å². The topological polar surface area (TPSA) is 88.1 Å². The van der Waals surface area contributed by atoms with Gasteiger partial charge in [0.05, 0.1) is 54.6 Å². The van der Waals surface area contributed by atoms with Gasteiger partial charge in [-0.05, 0) is 258 Å². The molecule has 2 atom stereocenters. The van der Waals surface area contributed by atoms with Gasteiger partial charge in [-0.25, -0.2) is 14.4 Å². The third-order valence-electron chi connectivity index (χ3n) is 23.2. The van der Waals surface area contributed by atoms with Crippen LogP contribution < -0.4 is 4.74 Å². The van der Waals surface area contributed by atoms with Crippen molar-refractivity contribution in [3.8, 4) is 53.1 Å². The van der Waals surface area contributed by atoms with Gasteiger partial charge < -0.3 is 18.9 Å². The SMILES string of the molecule is COC(=O)c1cccc(C#Cc2ccc(C34CC5(c6ccc(C#Cc7ccc(C8=CC9=C%10C(=C%11C=C(c%12ccc(OC)cc%12)S[C@@]%11(C)[C@]9(C)S8)C(F)(F)C(F)(F)C%10(F)F)cc7)cc6)CC(c6ccc(C#Cc7cccc(C(=O)OC)c7)cc6)(C3)CC(c3ccc(C#Cc6cccc(C(=O)OC)c6)cc3)(C5)C4)cc2)c1. The molecule has 5 fully saturated rings. The van der Waals surface area contributed by atoms with E-state index in [1.165, 1.54) is 86.4 Å². The molecule has 9 aromatic rings. The summed E-state index contributed by atoms with van der Waals surface area (Å²) in [6.45, 7) is 3.37. The summed E-state index contributed by atoms with van der Waals surface area (Å²) in [5.74, 6) is 9.76. The number of esters is 3. The molecular formula is C94H68F6O7S2. The number of rotatable bonds is 10. The summed E-state index contributed by atoms with van der Waals surface area (Å²) >= 11 is 2.41. The maximum Gasteiger partial charge on any atom is 0.380 e. The molecule has 5 saturated carbocycles. The number of ether oxygens (including phenoxy) is 4. The van der Waals surface area contributed by atoms with Crippen LogP contribution in [0.25, 0.3) is 9.81 Å². The molecule has 4 bridgehead atoms. The second kappa shape index (κ2) is 26.8. The van der Waals surface area contributed by atoms with Crippen LogP contribution in [0.4, 0.5) is 26.3 Å². The molecule has 109 heavy (non-hydrogen) atoms. The molecular weight excluding hydrogens is 1420 g/mol. The molecule has 0 N–H and O–H groups in total. The van der Waals surface area contributed by atoms with E-state index in [2.05, 4.69) is 144 Å². The number of fused-ring (bicyclic) bond motifs is 4. The minimum Gasteiger partial charge on any atom is -0.497 e. The molecule has 0 radical (unpaired) electrons. The largest absolute Gasteiger partial charge is 0.497 e. The monoisotopic (exact) mass is 1490 g/mol. The first-order chi connectivity index (χ1) is 52.3. The highest BCUT2D eigenvalue weighted by Gasteiger charge is 2.84. The van der Waals surface area contributed by atoms with Gasteiger partial charge in [-0.15, -0.1) is 23.5 Å². The minimum atomic E-state index is -5.68. The number of allylic oxidation sites excluding steroid dienone is 4. The van der Waals surface area contributed by atoms with E-state index in [0.29, 0.717) is 65.6 Å². The molecule has 0 saturated heterocycles. The second-order valence-corrected chi connectivity index (χ2v) is 32.5. The van der Waals surface area contributed by atoms with Crippen molar-refractivity contribution in [1.29, 1.82) is 0 Å². The Morgan fingerprint density at radius 2 is 0.596 bits per heavy atom. The number of methoxy groups -OCH3 is 4. The van der Waals surface area contributed by atoms with E-state index in [1.807, 2.05) is 30.3 Å². The number of carbonyl (C=O) groups excluding carboxylic acids is 3. The normalized spacial score (nSPS) is 24.3. The van der Waals surface area contributed by atoms with E-state index in [0.717, 1.165) is 60.8 Å². The van der Waals surface area contributed by atoms with E-state index >= 15 is 26.3 Å². The van der Waals surface area contributed by atoms with Gasteiger partial charge in [-0.3, -0.25) is 0 Å². The molecule has 0 aromatic heterocycles. The van der Waals surface area contributed by atoms with Crippen molar-refractivity contribution in [3.05, 3.63) is 347 Å². The fraction of sp³-hybridized carbons (Fsp3) is 0.223. The summed E-state index contributed by atoms with van der Waals surface area (Å²) in [6, 6.07) is 70.0. The van der Waals surface area contributed by atoms with Gasteiger partial charge in [-0.2, -0.15) is 26.3 Å². The summed E-state index contributed by atoms with van der Waals surface area (Å²) in [6.07, 6.45) is 7.91.